The molecule has 0 spiro atoms. The van der Waals surface area contributed by atoms with Crippen LogP contribution in [-0.4, -0.2) is 53.8 Å². The molecule has 2 aromatic carbocycles. The van der Waals surface area contributed by atoms with Gasteiger partial charge in [-0.05, 0) is 72.7 Å². The van der Waals surface area contributed by atoms with Crippen molar-refractivity contribution in [2.24, 2.45) is 5.92 Å². The third-order valence-corrected chi connectivity index (χ3v) is 8.61. The van der Waals surface area contributed by atoms with Crippen LogP contribution in [0.4, 0.5) is 5.82 Å². The Labute approximate surface area is 256 Å². The Bertz CT molecular complexity index is 1460. The second-order valence-electron chi connectivity index (χ2n) is 11.0. The van der Waals surface area contributed by atoms with E-state index in [-0.39, 0.29) is 5.91 Å². The summed E-state index contributed by atoms with van der Waals surface area (Å²) in [6.07, 6.45) is 5.54. The van der Waals surface area contributed by atoms with E-state index in [2.05, 4.69) is 20.5 Å². The van der Waals surface area contributed by atoms with Gasteiger partial charge >= 0.3 is 0 Å². The lowest BCUT2D eigenvalue weighted by molar-refractivity contribution is -0.129. The average Bonchev–Trinajstić information content (AvgIpc) is 3.31. The summed E-state index contributed by atoms with van der Waals surface area (Å²) < 4.78 is 0. The molecular formula is C32H35Cl2N5O3. The number of halogens is 2. The molecule has 0 aliphatic carbocycles. The van der Waals surface area contributed by atoms with Gasteiger partial charge in [-0.2, -0.15) is 0 Å². The minimum absolute atomic E-state index is 0.163. The van der Waals surface area contributed by atoms with Crippen molar-refractivity contribution < 1.29 is 14.4 Å². The summed E-state index contributed by atoms with van der Waals surface area (Å²) in [5.41, 5.74) is 4.57. The number of benzene rings is 2. The predicted molar refractivity (Wildman–Crippen MR) is 166 cm³/mol. The fourth-order valence-corrected chi connectivity index (χ4v) is 6.35. The normalized spacial score (nSPS) is 15.9. The lowest BCUT2D eigenvalue weighted by atomic mass is 9.96. The van der Waals surface area contributed by atoms with Crippen molar-refractivity contribution in [3.05, 3.63) is 81.5 Å². The zero-order valence-corrected chi connectivity index (χ0v) is 25.1. The Morgan fingerprint density at radius 2 is 1.93 bits per heavy atom. The maximum absolute atomic E-state index is 13.0. The zero-order valence-electron chi connectivity index (χ0n) is 23.6. The van der Waals surface area contributed by atoms with Gasteiger partial charge in [0, 0.05) is 48.5 Å². The average molecular weight is 609 g/mol. The number of hydrogen-bond acceptors (Lipinski definition) is 6. The minimum atomic E-state index is -0.654. The van der Waals surface area contributed by atoms with Crippen LogP contribution in [0, 0.1) is 5.92 Å². The molecule has 8 nitrogen and oxygen atoms in total. The molecule has 0 saturated carbocycles. The second kappa shape index (κ2) is 13.7. The highest BCUT2D eigenvalue weighted by molar-refractivity contribution is 6.33. The first kappa shape index (κ1) is 30.0. The number of pyridine rings is 1. The van der Waals surface area contributed by atoms with Gasteiger partial charge in [0.15, 0.2) is 0 Å². The molecule has 220 valence electrons. The highest BCUT2D eigenvalue weighted by atomic mass is 35.5. The Morgan fingerprint density at radius 1 is 1.12 bits per heavy atom. The number of rotatable bonds is 11. The maximum Gasteiger partial charge on any atom is 0.255 e. The SMILES string of the molecule is CCCC(C(=O)NC=O)N1Cc2cc(CNCC3CCN(c4ncc(-c5cccc(Cl)c5)cc4Cl)CC3)ccc2C1=O. The van der Waals surface area contributed by atoms with Crippen LogP contribution in [0.25, 0.3) is 11.1 Å². The fraction of sp³-hybridized carbons (Fsp3) is 0.375. The molecule has 5 rings (SSSR count). The topological polar surface area (TPSA) is 94.6 Å². The maximum atomic E-state index is 13.0. The van der Waals surface area contributed by atoms with Crippen molar-refractivity contribution in [2.45, 2.75) is 51.7 Å². The number of nitrogens with one attached hydrogen (secondary N) is 2. The largest absolute Gasteiger partial charge is 0.355 e. The first-order valence-electron chi connectivity index (χ1n) is 14.4. The Balaban J connectivity index is 1.11. The molecule has 1 unspecified atom stereocenters. The predicted octanol–water partition coefficient (Wildman–Crippen LogP) is 5.46. The van der Waals surface area contributed by atoms with Gasteiger partial charge in [0.05, 0.1) is 5.02 Å². The van der Waals surface area contributed by atoms with Crippen LogP contribution in [0.2, 0.25) is 10.0 Å². The Hall–Kier alpha value is -3.46. The van der Waals surface area contributed by atoms with Crippen molar-refractivity contribution in [1.29, 1.82) is 0 Å². The van der Waals surface area contributed by atoms with Gasteiger partial charge < -0.3 is 15.1 Å². The number of fused-ring (bicyclic) bond motifs is 1. The van der Waals surface area contributed by atoms with Crippen LogP contribution >= 0.6 is 23.2 Å². The summed E-state index contributed by atoms with van der Waals surface area (Å²) in [7, 11) is 0. The highest BCUT2D eigenvalue weighted by Crippen LogP contribution is 2.32. The molecule has 3 heterocycles. The molecule has 1 fully saturated rings. The monoisotopic (exact) mass is 607 g/mol. The standard InChI is InChI=1S/C32H35Cl2N5O3/c1-2-4-29(31(41)37-20-40)39-19-25-13-22(7-8-27(25)32(39)42)17-35-16-21-9-11-38(12-10-21)30-28(34)15-24(18-36-30)23-5-3-6-26(33)14-23/h3,5-8,13-15,18,20-21,29,35H,2,4,9-12,16-17,19H2,1H3,(H,37,40,41). The third-order valence-electron chi connectivity index (χ3n) is 8.10. The molecule has 0 bridgehead atoms. The van der Waals surface area contributed by atoms with Crippen LogP contribution in [0.3, 0.4) is 0 Å². The van der Waals surface area contributed by atoms with Crippen LogP contribution in [0.5, 0.6) is 0 Å². The van der Waals surface area contributed by atoms with Crippen LogP contribution in [-0.2, 0) is 22.7 Å². The van der Waals surface area contributed by atoms with Crippen LogP contribution < -0.4 is 15.5 Å². The first-order chi connectivity index (χ1) is 20.4. The summed E-state index contributed by atoms with van der Waals surface area (Å²) in [5, 5.41) is 7.12. The summed E-state index contributed by atoms with van der Waals surface area (Å²) in [6, 6.07) is 14.8. The van der Waals surface area contributed by atoms with E-state index in [9.17, 15) is 14.4 Å². The summed E-state index contributed by atoms with van der Waals surface area (Å²) in [4.78, 5) is 44.7. The second-order valence-corrected chi connectivity index (χ2v) is 11.8. The van der Waals surface area contributed by atoms with E-state index in [1.807, 2.05) is 61.7 Å². The Morgan fingerprint density at radius 3 is 2.64 bits per heavy atom. The number of hydrogen-bond donors (Lipinski definition) is 2. The number of aromatic nitrogens is 1. The van der Waals surface area contributed by atoms with Crippen molar-refractivity contribution in [1.82, 2.24) is 20.5 Å². The van der Waals surface area contributed by atoms with E-state index >= 15 is 0 Å². The first-order valence-corrected chi connectivity index (χ1v) is 15.2. The van der Waals surface area contributed by atoms with Gasteiger partial charge in [-0.25, -0.2) is 4.98 Å². The zero-order chi connectivity index (χ0) is 29.6. The highest BCUT2D eigenvalue weighted by Gasteiger charge is 2.36. The molecule has 42 heavy (non-hydrogen) atoms. The molecule has 1 aromatic heterocycles. The van der Waals surface area contributed by atoms with Crippen LogP contribution in [0.15, 0.2) is 54.7 Å². The van der Waals surface area contributed by atoms with Gasteiger partial charge in [0.1, 0.15) is 11.9 Å². The number of nitrogens with zero attached hydrogens (tertiary/aromatic N) is 3. The minimum Gasteiger partial charge on any atom is -0.355 e. The van der Waals surface area contributed by atoms with E-state index in [0.717, 1.165) is 67.0 Å². The number of piperidine rings is 1. The molecule has 2 N–H and O–H groups in total. The van der Waals surface area contributed by atoms with Gasteiger partial charge in [0.25, 0.3) is 5.91 Å². The molecule has 2 aliphatic rings. The molecular weight excluding hydrogens is 573 g/mol. The third kappa shape index (κ3) is 6.77. The summed E-state index contributed by atoms with van der Waals surface area (Å²) in [6.45, 7) is 5.70. The summed E-state index contributed by atoms with van der Waals surface area (Å²) in [5.74, 6) is 0.766. The molecule has 1 atom stereocenters. The smallest absolute Gasteiger partial charge is 0.255 e. The quantitative estimate of drug-likeness (QED) is 0.281. The van der Waals surface area contributed by atoms with Gasteiger partial charge in [-0.3, -0.25) is 19.7 Å². The van der Waals surface area contributed by atoms with E-state index in [4.69, 9.17) is 23.2 Å². The van der Waals surface area contributed by atoms with E-state index in [1.54, 1.807) is 4.90 Å². The number of amides is 3. The molecule has 1 saturated heterocycles. The molecule has 10 heteroatoms. The van der Waals surface area contributed by atoms with Gasteiger partial charge in [-0.15, -0.1) is 0 Å². The molecule has 3 amide bonds. The number of anilines is 1. The number of imide groups is 1. The van der Waals surface area contributed by atoms with Crippen molar-refractivity contribution in [2.75, 3.05) is 24.5 Å². The fourth-order valence-electron chi connectivity index (χ4n) is 5.87. The lowest BCUT2D eigenvalue weighted by Gasteiger charge is -2.33. The molecule has 2 aliphatic heterocycles. The Kier molecular flexibility index (Phi) is 9.77. The van der Waals surface area contributed by atoms with E-state index in [1.165, 1.54) is 0 Å². The number of carbonyl (C=O) groups is 3. The van der Waals surface area contributed by atoms with Gasteiger partial charge in [-0.1, -0.05) is 60.8 Å². The van der Waals surface area contributed by atoms with Crippen molar-refractivity contribution >= 4 is 47.2 Å². The molecule has 3 aromatic rings. The van der Waals surface area contributed by atoms with E-state index < -0.39 is 11.9 Å². The van der Waals surface area contributed by atoms with Crippen LogP contribution in [0.1, 0.15) is 54.1 Å². The van der Waals surface area contributed by atoms with E-state index in [0.29, 0.717) is 47.4 Å². The molecule has 0 radical (unpaired) electrons. The van der Waals surface area contributed by atoms with Crippen molar-refractivity contribution in [3.63, 3.8) is 0 Å². The lowest BCUT2D eigenvalue weighted by Crippen LogP contribution is -2.46. The summed E-state index contributed by atoms with van der Waals surface area (Å²) >= 11 is 12.8. The number of carbonyl (C=O) groups excluding carboxylic acids is 3. The van der Waals surface area contributed by atoms with Crippen molar-refractivity contribution in [3.8, 4) is 11.1 Å². The van der Waals surface area contributed by atoms with Gasteiger partial charge in [0.2, 0.25) is 12.3 Å².